The number of aliphatic hydroxyl groups excluding tert-OH is 4. The number of esters is 1. The third-order valence-corrected chi connectivity index (χ3v) is 15.3. The average molecular weight is 1210 g/mol. The van der Waals surface area contributed by atoms with E-state index in [4.69, 9.17) is 33.4 Å². The van der Waals surface area contributed by atoms with Crippen LogP contribution in [0.4, 0.5) is 9.18 Å². The van der Waals surface area contributed by atoms with Crippen molar-refractivity contribution in [1.82, 2.24) is 30.8 Å². The number of rotatable bonds is 21. The van der Waals surface area contributed by atoms with E-state index in [-0.39, 0.29) is 113 Å². The molecule has 1 saturated heterocycles. The number of pyridine rings is 2. The number of aryl methyl sites for hydroxylation is 1. The lowest BCUT2D eigenvalue weighted by Crippen LogP contribution is -2.60. The Labute approximate surface area is 495 Å². The Hall–Kier alpha value is -6.71. The van der Waals surface area contributed by atoms with Crippen molar-refractivity contribution in [2.75, 3.05) is 46.1 Å². The van der Waals surface area contributed by atoms with Crippen molar-refractivity contribution in [2.45, 2.75) is 140 Å². The Morgan fingerprint density at radius 1 is 0.929 bits per heavy atom. The number of ether oxygens (including phenoxy) is 6. The molecule has 27 heteroatoms. The van der Waals surface area contributed by atoms with Crippen LogP contribution in [0, 0.1) is 24.6 Å². The number of fused-ring (bicyclic) bond motifs is 5. The molecule has 5 heterocycles. The minimum absolute atomic E-state index is 0. The molecule has 8 atom stereocenters. The first kappa shape index (κ1) is 64.8. The van der Waals surface area contributed by atoms with Crippen molar-refractivity contribution < 1.29 is 87.1 Å². The van der Waals surface area contributed by atoms with Crippen LogP contribution in [0.3, 0.4) is 0 Å². The summed E-state index contributed by atoms with van der Waals surface area (Å²) in [7, 11) is 0. The highest BCUT2D eigenvalue weighted by molar-refractivity contribution is 7.59. The van der Waals surface area contributed by atoms with Gasteiger partial charge in [0.1, 0.15) is 68.5 Å². The Morgan fingerprint density at radius 3 is 2.49 bits per heavy atom. The molecule has 9 rings (SSSR count). The summed E-state index contributed by atoms with van der Waals surface area (Å²) in [5.41, 5.74) is 1.25. The Balaban J connectivity index is 0.00000506. The zero-order valence-corrected chi connectivity index (χ0v) is 48.2. The van der Waals surface area contributed by atoms with Crippen molar-refractivity contribution in [2.24, 2.45) is 0 Å². The predicted octanol–water partition coefficient (Wildman–Crippen LogP) is 1.14. The molecule has 4 aromatic rings. The van der Waals surface area contributed by atoms with E-state index in [9.17, 15) is 59.1 Å². The molecule has 2 aliphatic carbocycles. The molecule has 0 radical (unpaired) electrons. The second-order valence-corrected chi connectivity index (χ2v) is 20.7. The fraction of sp³-hybridized carbons (Fsp3) is 0.509. The van der Waals surface area contributed by atoms with Crippen LogP contribution in [0.2, 0.25) is 0 Å². The number of nitrogens with one attached hydrogen (secondary N) is 4. The van der Waals surface area contributed by atoms with Crippen molar-refractivity contribution >= 4 is 73.5 Å². The first-order valence-corrected chi connectivity index (χ1v) is 27.3. The van der Waals surface area contributed by atoms with E-state index in [2.05, 4.69) is 33.1 Å². The normalized spacial score (nSPS) is 22.8. The van der Waals surface area contributed by atoms with Gasteiger partial charge in [-0.3, -0.25) is 24.0 Å². The summed E-state index contributed by atoms with van der Waals surface area (Å²) in [6.07, 6.45) is -4.53. The molecule has 5 aliphatic rings. The molecule has 84 heavy (non-hydrogen) atoms. The molecule has 4 amide bonds. The number of aromatic nitrogens is 2. The smallest absolute Gasteiger partial charge is 0.407 e. The molecule has 3 aliphatic heterocycles. The van der Waals surface area contributed by atoms with Gasteiger partial charge in [0.05, 0.1) is 60.4 Å². The van der Waals surface area contributed by atoms with Gasteiger partial charge in [0.2, 0.25) is 18.1 Å². The van der Waals surface area contributed by atoms with Crippen LogP contribution in [-0.4, -0.2) is 154 Å². The van der Waals surface area contributed by atoms with Crippen LogP contribution in [0.25, 0.3) is 22.3 Å². The van der Waals surface area contributed by atoms with Crippen LogP contribution in [-0.2, 0) is 74.6 Å². The lowest BCUT2D eigenvalue weighted by Gasteiger charge is -2.39. The van der Waals surface area contributed by atoms with Gasteiger partial charge in [0.25, 0.3) is 11.5 Å². The highest BCUT2D eigenvalue weighted by Gasteiger charge is 2.47. The van der Waals surface area contributed by atoms with E-state index >= 15 is 4.39 Å². The van der Waals surface area contributed by atoms with Crippen LogP contribution >= 0.6 is 27.0 Å². The number of hydrogen-bond donors (Lipinski definition) is 9. The van der Waals surface area contributed by atoms with Crippen molar-refractivity contribution in [3.8, 4) is 29.0 Å². The number of ketones is 1. The van der Waals surface area contributed by atoms with Crippen LogP contribution in [0.15, 0.2) is 35.1 Å². The number of Topliss-reactive ketones (excluding diaryl/α,β-unsaturated/α-hetero) is 1. The molecule has 454 valence electrons. The first-order chi connectivity index (χ1) is 39.4. The molecule has 24 nitrogen and oxygen atoms in total. The lowest BCUT2D eigenvalue weighted by atomic mass is 9.81. The number of amides is 4. The molecule has 0 bridgehead atoms. The Bertz CT molecular complexity index is 3300. The van der Waals surface area contributed by atoms with E-state index in [1.54, 1.807) is 19.9 Å². The lowest BCUT2D eigenvalue weighted by molar-refractivity contribution is -0.277. The number of benzene rings is 2. The fourth-order valence-corrected chi connectivity index (χ4v) is 10.8. The number of carbonyl (C=O) groups is 6. The van der Waals surface area contributed by atoms with Gasteiger partial charge in [-0.05, 0) is 85.9 Å². The number of carbonyl (C=O) groups excluding carboxylic acids is 6. The Kier molecular flexibility index (Phi) is 22.0. The summed E-state index contributed by atoms with van der Waals surface area (Å²) >= 11 is 0. The van der Waals surface area contributed by atoms with Crippen molar-refractivity contribution in [3.05, 3.63) is 91.0 Å². The third-order valence-electron chi connectivity index (χ3n) is 15.3. The maximum absolute atomic E-state index is 15.4. The van der Waals surface area contributed by atoms with Gasteiger partial charge >= 0.3 is 12.1 Å². The number of alkyl carbamates (subject to hydrolysis) is 1. The minimum Gasteiger partial charge on any atom is -0.461 e. The van der Waals surface area contributed by atoms with Gasteiger partial charge in [-0.2, -0.15) is 27.0 Å². The number of hydrogen-bond acceptors (Lipinski definition) is 19. The monoisotopic (exact) mass is 1210 g/mol. The number of nitrogens with zero attached hydrogens (tertiary/aromatic N) is 2. The third kappa shape index (κ3) is 14.0. The van der Waals surface area contributed by atoms with E-state index < -0.39 is 116 Å². The van der Waals surface area contributed by atoms with Gasteiger partial charge in [-0.25, -0.2) is 19.0 Å². The zero-order valence-electron chi connectivity index (χ0n) is 46.2. The molecule has 2 aromatic heterocycles. The molecular formula is C57H69FN6O18S2. The quantitative estimate of drug-likeness (QED) is 0.0283. The molecule has 9 N–H and O–H groups in total. The Morgan fingerprint density at radius 2 is 1.71 bits per heavy atom. The SMILES string of the molecule is CC[C@@]1(O)C(=O)OCc2c1cc1n(c2=O)Cc2c-1nc1cc(F)c(C)c3c1c2[C@@H](NC(=O)COCCC(=O)CNC(=O)OCc1ccc(O[C@@H]2O[C@H](CO)[C@@H](O)[C@H](O)[C@H]2O)c(C(=O)NCCNC(=O)COC2C#CCCCCC2)c1)CC3.S.S. The molecule has 1 fully saturated rings. The maximum Gasteiger partial charge on any atom is 0.407 e. The number of aliphatic hydroxyl groups is 5. The number of cyclic esters (lactones) is 1. The standard InChI is InChI=1S/C57H65FN6O18.2H2S/c1-3-57(76)37-20-41-48-35(23-64(41)53(73)36(37)26-79-55(57)74)47-39(13-12-33-29(2)38(58)21-40(63-48)46(33)47)62-45(68)27-77-18-15-31(66)22-61-56(75)80-25-30-11-14-42(81-54-51(71)50(70)49(69)43(24-65)82-54)34(19-30)52(72)60-17-16-59-44(67)28-78-32-9-7-5-4-6-8-10-32;;/h11,14,19-21,32,39,43,49-51,54,65,69-71,76H,3-7,9,12-13,15-18,22-28H2,1-2H3,(H,59,67)(H,60,72)(H,61,75)(H,62,68);2*1H2/t32?,39-,43+,49+,50-,51+,54+,57-;;/m0../s1. The van der Waals surface area contributed by atoms with Gasteiger partial charge in [0, 0.05) is 48.5 Å². The van der Waals surface area contributed by atoms with Gasteiger partial charge in [-0.1, -0.05) is 25.3 Å². The summed E-state index contributed by atoms with van der Waals surface area (Å²) in [6, 6.07) is 6.28. The van der Waals surface area contributed by atoms with E-state index in [1.165, 1.54) is 28.8 Å². The van der Waals surface area contributed by atoms with Crippen LogP contribution < -0.4 is 31.6 Å². The first-order valence-electron chi connectivity index (χ1n) is 27.3. The van der Waals surface area contributed by atoms with Gasteiger partial charge < -0.3 is 79.8 Å². The largest absolute Gasteiger partial charge is 0.461 e. The van der Waals surface area contributed by atoms with Crippen molar-refractivity contribution in [1.29, 1.82) is 0 Å². The highest BCUT2D eigenvalue weighted by Crippen LogP contribution is 2.46. The van der Waals surface area contributed by atoms with E-state index in [0.717, 1.165) is 37.7 Å². The summed E-state index contributed by atoms with van der Waals surface area (Å²) in [5, 5.41) is 63.6. The summed E-state index contributed by atoms with van der Waals surface area (Å²) in [6.45, 7) is 0.473. The highest BCUT2D eigenvalue weighted by atomic mass is 32.1. The fourth-order valence-electron chi connectivity index (χ4n) is 10.8. The summed E-state index contributed by atoms with van der Waals surface area (Å²) < 4.78 is 49.9. The number of halogens is 1. The van der Waals surface area contributed by atoms with E-state index in [0.29, 0.717) is 51.8 Å². The summed E-state index contributed by atoms with van der Waals surface area (Å²) in [5.74, 6) is 2.43. The zero-order chi connectivity index (χ0) is 58.4. The predicted molar refractivity (Wildman–Crippen MR) is 305 cm³/mol. The molecular weight excluding hydrogens is 1140 g/mol. The molecule has 1 unspecified atom stereocenters. The summed E-state index contributed by atoms with van der Waals surface area (Å²) in [4.78, 5) is 96.7. The second-order valence-electron chi connectivity index (χ2n) is 20.7. The van der Waals surface area contributed by atoms with Crippen LogP contribution in [0.5, 0.6) is 5.75 Å². The van der Waals surface area contributed by atoms with Crippen molar-refractivity contribution in [3.63, 3.8) is 0 Å². The average Bonchev–Trinajstić information content (AvgIpc) is 1.54. The molecule has 0 spiro atoms. The topological polar surface area (TPSA) is 342 Å². The van der Waals surface area contributed by atoms with Gasteiger partial charge in [-0.15, -0.1) is 5.92 Å². The molecule has 0 saturated carbocycles. The molecule has 2 aromatic carbocycles. The van der Waals surface area contributed by atoms with E-state index in [1.807, 2.05) is 0 Å². The van der Waals surface area contributed by atoms with Gasteiger partial charge in [0.15, 0.2) is 11.4 Å². The van der Waals surface area contributed by atoms with Crippen LogP contribution in [0.1, 0.15) is 114 Å². The maximum atomic E-state index is 15.4. The second kappa shape index (κ2) is 28.5. The minimum atomic E-state index is -2.06.